The summed E-state index contributed by atoms with van der Waals surface area (Å²) >= 11 is 0. The van der Waals surface area contributed by atoms with Crippen molar-refractivity contribution in [3.63, 3.8) is 0 Å². The van der Waals surface area contributed by atoms with Crippen LogP contribution in [0.4, 0.5) is 4.39 Å². The van der Waals surface area contributed by atoms with Crippen LogP contribution in [0.15, 0.2) is 97.2 Å². The number of halogens is 1. The summed E-state index contributed by atoms with van der Waals surface area (Å²) in [4.78, 5) is 4.84. The number of fused-ring (bicyclic) bond motifs is 1. The number of hydrogen-bond donors (Lipinski definition) is 0. The summed E-state index contributed by atoms with van der Waals surface area (Å²) in [5, 5.41) is 0. The van der Waals surface area contributed by atoms with Gasteiger partial charge >= 0.3 is 0 Å². The van der Waals surface area contributed by atoms with Crippen molar-refractivity contribution < 1.29 is 9.13 Å². The molecule has 0 saturated heterocycles. The fourth-order valence-corrected chi connectivity index (χ4v) is 3.80. The van der Waals surface area contributed by atoms with Crippen LogP contribution in [0.25, 0.3) is 39.3 Å². The third kappa shape index (κ3) is 3.12. The highest BCUT2D eigenvalue weighted by Crippen LogP contribution is 2.36. The Labute approximate surface area is 174 Å². The van der Waals surface area contributed by atoms with Gasteiger partial charge in [-0.3, -0.25) is 4.40 Å². The van der Waals surface area contributed by atoms with Gasteiger partial charge in [-0.05, 0) is 54.1 Å². The second-order valence-corrected chi connectivity index (χ2v) is 7.03. The molecule has 3 aromatic carbocycles. The summed E-state index contributed by atoms with van der Waals surface area (Å²) in [6, 6.07) is 28.7. The smallest absolute Gasteiger partial charge is 0.137 e. The first-order valence-electron chi connectivity index (χ1n) is 9.71. The summed E-state index contributed by atoms with van der Waals surface area (Å²) in [6.45, 7) is 0. The first-order valence-corrected chi connectivity index (χ1v) is 9.71. The van der Waals surface area contributed by atoms with Crippen LogP contribution in [0.2, 0.25) is 0 Å². The molecule has 0 saturated carbocycles. The van der Waals surface area contributed by atoms with Gasteiger partial charge in [-0.25, -0.2) is 9.37 Å². The average Bonchev–Trinajstić information content (AvgIpc) is 3.19. The molecule has 0 atom stereocenters. The largest absolute Gasteiger partial charge is 0.496 e. The summed E-state index contributed by atoms with van der Waals surface area (Å²) in [5.41, 5.74) is 6.61. The van der Waals surface area contributed by atoms with Crippen LogP contribution in [0.5, 0.6) is 5.75 Å². The Hall–Kier alpha value is -3.92. The summed E-state index contributed by atoms with van der Waals surface area (Å²) in [5.74, 6) is 0.564. The Bertz CT molecular complexity index is 1340. The maximum atomic E-state index is 13.5. The van der Waals surface area contributed by atoms with E-state index in [1.807, 2.05) is 54.7 Å². The Kier molecular flexibility index (Phi) is 4.52. The van der Waals surface area contributed by atoms with Gasteiger partial charge in [0.1, 0.15) is 17.2 Å². The van der Waals surface area contributed by atoms with Crippen molar-refractivity contribution in [1.29, 1.82) is 0 Å². The zero-order valence-corrected chi connectivity index (χ0v) is 16.4. The van der Waals surface area contributed by atoms with Crippen molar-refractivity contribution in [2.45, 2.75) is 0 Å². The van der Waals surface area contributed by atoms with Gasteiger partial charge < -0.3 is 4.74 Å². The third-order valence-electron chi connectivity index (χ3n) is 5.20. The van der Waals surface area contributed by atoms with E-state index in [-0.39, 0.29) is 5.82 Å². The summed E-state index contributed by atoms with van der Waals surface area (Å²) < 4.78 is 21.1. The third-order valence-corrected chi connectivity index (χ3v) is 5.20. The molecule has 0 N–H and O–H groups in total. The van der Waals surface area contributed by atoms with E-state index in [2.05, 4.69) is 22.6 Å². The molecule has 5 rings (SSSR count). The number of pyridine rings is 1. The second kappa shape index (κ2) is 7.48. The van der Waals surface area contributed by atoms with Crippen LogP contribution in [-0.2, 0) is 0 Å². The second-order valence-electron chi connectivity index (χ2n) is 7.03. The van der Waals surface area contributed by atoms with Crippen molar-refractivity contribution >= 4 is 5.65 Å². The number of ether oxygens (including phenoxy) is 1. The number of methoxy groups -OCH3 is 1. The molecule has 30 heavy (non-hydrogen) atoms. The van der Waals surface area contributed by atoms with Gasteiger partial charge in [-0.1, -0.05) is 42.5 Å². The molecule has 0 radical (unpaired) electrons. The minimum atomic E-state index is -0.262. The van der Waals surface area contributed by atoms with E-state index in [4.69, 9.17) is 9.72 Å². The molecule has 2 aromatic heterocycles. The van der Waals surface area contributed by atoms with E-state index in [0.717, 1.165) is 45.0 Å². The fraction of sp³-hybridized carbons (Fsp3) is 0.0385. The molecule has 3 nitrogen and oxygen atoms in total. The minimum Gasteiger partial charge on any atom is -0.496 e. The summed E-state index contributed by atoms with van der Waals surface area (Å²) in [7, 11) is 1.68. The Morgan fingerprint density at radius 1 is 0.767 bits per heavy atom. The van der Waals surface area contributed by atoms with Gasteiger partial charge in [-0.15, -0.1) is 0 Å². The van der Waals surface area contributed by atoms with Crippen molar-refractivity contribution in [2.24, 2.45) is 0 Å². The lowest BCUT2D eigenvalue weighted by atomic mass is 9.99. The van der Waals surface area contributed by atoms with E-state index in [0.29, 0.717) is 0 Å². The monoisotopic (exact) mass is 394 g/mol. The van der Waals surface area contributed by atoms with Crippen LogP contribution >= 0.6 is 0 Å². The molecule has 0 spiro atoms. The standard InChI is InChI=1S/C26H19FN2O/c1-30-23-10-3-2-9-22(23)19-7-6-8-20(17-19)26-25(18-12-14-21(27)15-13-18)28-24-11-4-5-16-29(24)26/h2-17H,1H3. The molecule has 0 fully saturated rings. The molecule has 0 amide bonds. The average molecular weight is 394 g/mol. The zero-order valence-electron chi connectivity index (χ0n) is 16.4. The maximum Gasteiger partial charge on any atom is 0.137 e. The Morgan fingerprint density at radius 3 is 2.37 bits per heavy atom. The zero-order chi connectivity index (χ0) is 20.5. The minimum absolute atomic E-state index is 0.262. The van der Waals surface area contributed by atoms with Crippen molar-refractivity contribution in [2.75, 3.05) is 7.11 Å². The van der Waals surface area contributed by atoms with E-state index in [1.165, 1.54) is 12.1 Å². The molecule has 0 aliphatic carbocycles. The molecule has 0 bridgehead atoms. The van der Waals surface area contributed by atoms with E-state index in [1.54, 1.807) is 19.2 Å². The van der Waals surface area contributed by atoms with E-state index < -0.39 is 0 Å². The van der Waals surface area contributed by atoms with Crippen molar-refractivity contribution in [3.05, 3.63) is 103 Å². The molecular weight excluding hydrogens is 375 g/mol. The number of rotatable bonds is 4. The first-order chi connectivity index (χ1) is 14.7. The number of nitrogens with zero attached hydrogens (tertiary/aromatic N) is 2. The molecule has 5 aromatic rings. The van der Waals surface area contributed by atoms with Gasteiger partial charge in [0, 0.05) is 22.9 Å². The molecule has 146 valence electrons. The highest BCUT2D eigenvalue weighted by Gasteiger charge is 2.17. The normalized spacial score (nSPS) is 11.0. The maximum absolute atomic E-state index is 13.5. The number of aromatic nitrogens is 2. The van der Waals surface area contributed by atoms with E-state index >= 15 is 0 Å². The Balaban J connectivity index is 1.74. The number of benzene rings is 3. The summed E-state index contributed by atoms with van der Waals surface area (Å²) in [6.07, 6.45) is 2.00. The van der Waals surface area contributed by atoms with Crippen LogP contribution < -0.4 is 4.74 Å². The highest BCUT2D eigenvalue weighted by molar-refractivity contribution is 5.84. The molecule has 0 aliphatic rings. The predicted octanol–water partition coefficient (Wildman–Crippen LogP) is 6.48. The van der Waals surface area contributed by atoms with Gasteiger partial charge in [0.25, 0.3) is 0 Å². The van der Waals surface area contributed by atoms with Crippen LogP contribution in [0.1, 0.15) is 0 Å². The van der Waals surface area contributed by atoms with Gasteiger partial charge in [0.05, 0.1) is 18.5 Å². The van der Waals surface area contributed by atoms with Crippen LogP contribution in [-0.4, -0.2) is 16.5 Å². The molecule has 4 heteroatoms. The number of para-hydroxylation sites is 1. The van der Waals surface area contributed by atoms with Gasteiger partial charge in [0.2, 0.25) is 0 Å². The van der Waals surface area contributed by atoms with Crippen LogP contribution in [0, 0.1) is 5.82 Å². The molecular formula is C26H19FN2O. The molecule has 2 heterocycles. The van der Waals surface area contributed by atoms with Gasteiger partial charge in [0.15, 0.2) is 0 Å². The first kappa shape index (κ1) is 18.1. The number of imidazole rings is 1. The molecule has 0 aliphatic heterocycles. The highest BCUT2D eigenvalue weighted by atomic mass is 19.1. The lowest BCUT2D eigenvalue weighted by molar-refractivity contribution is 0.416. The Morgan fingerprint density at radius 2 is 1.53 bits per heavy atom. The van der Waals surface area contributed by atoms with Crippen LogP contribution in [0.3, 0.4) is 0 Å². The topological polar surface area (TPSA) is 26.5 Å². The lowest BCUT2D eigenvalue weighted by Gasteiger charge is -2.11. The predicted molar refractivity (Wildman–Crippen MR) is 118 cm³/mol. The van der Waals surface area contributed by atoms with Gasteiger partial charge in [-0.2, -0.15) is 0 Å². The number of hydrogen-bond acceptors (Lipinski definition) is 2. The van der Waals surface area contributed by atoms with E-state index in [9.17, 15) is 4.39 Å². The molecule has 0 unspecified atom stereocenters. The fourth-order valence-electron chi connectivity index (χ4n) is 3.80. The van der Waals surface area contributed by atoms with Crippen molar-refractivity contribution in [1.82, 2.24) is 9.38 Å². The lowest BCUT2D eigenvalue weighted by Crippen LogP contribution is -1.91. The quantitative estimate of drug-likeness (QED) is 0.349. The van der Waals surface area contributed by atoms with Crippen molar-refractivity contribution in [3.8, 4) is 39.4 Å². The SMILES string of the molecule is COc1ccccc1-c1cccc(-c2c(-c3ccc(F)cc3)nc3ccccn23)c1.